The third-order valence-corrected chi connectivity index (χ3v) is 5.47. The van der Waals surface area contributed by atoms with Gasteiger partial charge in [-0.25, -0.2) is 17.9 Å². The molecule has 156 valence electrons. The van der Waals surface area contributed by atoms with Crippen LogP contribution in [0.3, 0.4) is 0 Å². The van der Waals surface area contributed by atoms with E-state index in [1.807, 2.05) is 0 Å². The number of carbonyl (C=O) groups excluding carboxylic acids is 2. The maximum atomic E-state index is 12.5. The summed E-state index contributed by atoms with van der Waals surface area (Å²) in [5.74, 6) is -0.531. The number of sulfonamides is 1. The van der Waals surface area contributed by atoms with Crippen molar-refractivity contribution in [2.75, 3.05) is 20.8 Å². The minimum atomic E-state index is -3.76. The van der Waals surface area contributed by atoms with Crippen molar-refractivity contribution in [3.05, 3.63) is 53.6 Å². The molecule has 9 heteroatoms. The highest BCUT2D eigenvalue weighted by atomic mass is 32.2. The molecule has 0 amide bonds. The number of hydrogen-bond acceptors (Lipinski definition) is 7. The number of benzene rings is 2. The maximum Gasteiger partial charge on any atom is 0.338 e. The second-order valence-corrected chi connectivity index (χ2v) is 8.08. The number of methoxy groups -OCH3 is 2. The van der Waals surface area contributed by atoms with Crippen LogP contribution in [0.15, 0.2) is 47.4 Å². The summed E-state index contributed by atoms with van der Waals surface area (Å²) in [5.41, 5.74) is 0.221. The van der Waals surface area contributed by atoms with Crippen LogP contribution in [0, 0.1) is 0 Å². The van der Waals surface area contributed by atoms with Crippen molar-refractivity contribution >= 4 is 21.8 Å². The van der Waals surface area contributed by atoms with Gasteiger partial charge in [0.1, 0.15) is 11.5 Å². The summed E-state index contributed by atoms with van der Waals surface area (Å²) < 4.78 is 42.3. The number of nitrogens with one attached hydrogen (secondary N) is 1. The van der Waals surface area contributed by atoms with Crippen molar-refractivity contribution in [1.82, 2.24) is 4.72 Å². The Balaban J connectivity index is 2.14. The van der Waals surface area contributed by atoms with Crippen molar-refractivity contribution in [2.45, 2.75) is 24.8 Å². The van der Waals surface area contributed by atoms with E-state index in [4.69, 9.17) is 14.2 Å². The van der Waals surface area contributed by atoms with Crippen molar-refractivity contribution in [3.8, 4) is 11.5 Å². The predicted octanol–water partition coefficient (Wildman–Crippen LogP) is 2.43. The lowest BCUT2D eigenvalue weighted by atomic mass is 10.1. The van der Waals surface area contributed by atoms with Gasteiger partial charge in [-0.2, -0.15) is 0 Å². The Kier molecular flexibility index (Phi) is 7.35. The Hall–Kier alpha value is -2.91. The lowest BCUT2D eigenvalue weighted by molar-refractivity contribution is 0.0473. The van der Waals surface area contributed by atoms with Crippen molar-refractivity contribution in [1.29, 1.82) is 0 Å². The van der Waals surface area contributed by atoms with Gasteiger partial charge in [-0.3, -0.25) is 4.79 Å². The number of ether oxygens (including phenoxy) is 3. The molecule has 1 N–H and O–H groups in total. The zero-order valence-electron chi connectivity index (χ0n) is 16.6. The summed E-state index contributed by atoms with van der Waals surface area (Å²) in [6, 6.07) is 9.80. The fourth-order valence-electron chi connectivity index (χ4n) is 2.49. The number of hydrogen-bond donors (Lipinski definition) is 1. The molecule has 8 nitrogen and oxygen atoms in total. The zero-order valence-corrected chi connectivity index (χ0v) is 17.4. The Morgan fingerprint density at radius 1 is 1.03 bits per heavy atom. The number of carbonyl (C=O) groups is 2. The molecule has 0 heterocycles. The summed E-state index contributed by atoms with van der Waals surface area (Å²) in [4.78, 5) is 24.7. The molecule has 0 aliphatic rings. The lowest BCUT2D eigenvalue weighted by Crippen LogP contribution is -2.30. The largest absolute Gasteiger partial charge is 0.497 e. The van der Waals surface area contributed by atoms with Gasteiger partial charge in [0.25, 0.3) is 0 Å². The Morgan fingerprint density at radius 3 is 2.38 bits per heavy atom. The summed E-state index contributed by atoms with van der Waals surface area (Å²) in [7, 11) is -0.880. The molecule has 29 heavy (non-hydrogen) atoms. The summed E-state index contributed by atoms with van der Waals surface area (Å²) in [6.45, 7) is 2.84. The molecule has 0 spiro atoms. The molecule has 0 saturated heterocycles. The first-order chi connectivity index (χ1) is 13.7. The molecule has 0 atom stereocenters. The van der Waals surface area contributed by atoms with Crippen LogP contribution in [0.2, 0.25) is 0 Å². The van der Waals surface area contributed by atoms with E-state index < -0.39 is 28.4 Å². The minimum Gasteiger partial charge on any atom is -0.497 e. The molecule has 0 aromatic heterocycles. The zero-order chi connectivity index (χ0) is 21.6. The van der Waals surface area contributed by atoms with Gasteiger partial charge in [-0.1, -0.05) is 6.07 Å². The molecule has 0 aliphatic heterocycles. The van der Waals surface area contributed by atoms with Crippen LogP contribution >= 0.6 is 0 Å². The van der Waals surface area contributed by atoms with E-state index in [2.05, 4.69) is 4.72 Å². The maximum absolute atomic E-state index is 12.5. The first-order valence-corrected chi connectivity index (χ1v) is 10.2. The molecule has 0 bridgehead atoms. The molecular weight excluding hydrogens is 398 g/mol. The van der Waals surface area contributed by atoms with E-state index in [0.29, 0.717) is 11.5 Å². The van der Waals surface area contributed by atoms with Crippen molar-refractivity contribution in [2.24, 2.45) is 0 Å². The average Bonchev–Trinajstić information content (AvgIpc) is 2.70. The summed E-state index contributed by atoms with van der Waals surface area (Å²) in [6.07, 6.45) is 0. The van der Waals surface area contributed by atoms with Gasteiger partial charge in [0, 0.05) is 6.04 Å². The van der Waals surface area contributed by atoms with Crippen LogP contribution in [-0.2, 0) is 14.8 Å². The molecule has 2 rings (SSSR count). The van der Waals surface area contributed by atoms with Crippen LogP contribution in [0.25, 0.3) is 0 Å². The third-order valence-electron chi connectivity index (χ3n) is 3.81. The Labute approximate surface area is 169 Å². The monoisotopic (exact) mass is 421 g/mol. The molecule has 0 aliphatic carbocycles. The van der Waals surface area contributed by atoms with Gasteiger partial charge in [0.15, 0.2) is 6.61 Å². The Bertz CT molecular complexity index is 1000. The summed E-state index contributed by atoms with van der Waals surface area (Å²) in [5, 5.41) is 0. The third kappa shape index (κ3) is 5.78. The van der Waals surface area contributed by atoms with Gasteiger partial charge < -0.3 is 14.2 Å². The van der Waals surface area contributed by atoms with E-state index >= 15 is 0 Å². The first-order valence-electron chi connectivity index (χ1n) is 8.72. The van der Waals surface area contributed by atoms with Crippen LogP contribution in [0.1, 0.15) is 34.6 Å². The number of rotatable bonds is 9. The number of ketones is 1. The summed E-state index contributed by atoms with van der Waals surface area (Å²) >= 11 is 0. The molecule has 0 fully saturated rings. The second-order valence-electron chi connectivity index (χ2n) is 6.37. The van der Waals surface area contributed by atoms with Gasteiger partial charge in [0.2, 0.25) is 15.8 Å². The van der Waals surface area contributed by atoms with Crippen molar-refractivity contribution < 1.29 is 32.2 Å². The fourth-order valence-corrected chi connectivity index (χ4v) is 3.79. The average molecular weight is 421 g/mol. The van der Waals surface area contributed by atoms with Crippen LogP contribution in [0.4, 0.5) is 0 Å². The van der Waals surface area contributed by atoms with Crippen LogP contribution in [0.5, 0.6) is 11.5 Å². The van der Waals surface area contributed by atoms with Crippen molar-refractivity contribution in [3.63, 3.8) is 0 Å². The van der Waals surface area contributed by atoms with E-state index in [9.17, 15) is 18.0 Å². The minimum absolute atomic E-state index is 0.0158. The van der Waals surface area contributed by atoms with E-state index in [1.165, 1.54) is 44.6 Å². The van der Waals surface area contributed by atoms with Gasteiger partial charge in [-0.15, -0.1) is 0 Å². The topological polar surface area (TPSA) is 108 Å². The first kappa shape index (κ1) is 22.4. The van der Waals surface area contributed by atoms with Crippen LogP contribution < -0.4 is 14.2 Å². The quantitative estimate of drug-likeness (QED) is 0.489. The molecule has 0 radical (unpaired) electrons. The molecule has 0 saturated carbocycles. The fraction of sp³-hybridized carbons (Fsp3) is 0.300. The van der Waals surface area contributed by atoms with E-state index in [0.717, 1.165) is 0 Å². The second kappa shape index (κ2) is 9.53. The highest BCUT2D eigenvalue weighted by Crippen LogP contribution is 2.24. The lowest BCUT2D eigenvalue weighted by Gasteiger charge is -2.11. The normalized spacial score (nSPS) is 11.2. The predicted molar refractivity (Wildman–Crippen MR) is 106 cm³/mol. The highest BCUT2D eigenvalue weighted by molar-refractivity contribution is 7.89. The number of esters is 1. The highest BCUT2D eigenvalue weighted by Gasteiger charge is 2.20. The SMILES string of the molecule is COc1ccc(OC)c(C(=O)COC(=O)c2cccc(S(=O)(=O)NC(C)C)c2)c1. The van der Waals surface area contributed by atoms with Gasteiger partial charge in [0.05, 0.1) is 30.2 Å². The van der Waals surface area contributed by atoms with Crippen LogP contribution in [-0.4, -0.2) is 47.0 Å². The Morgan fingerprint density at radius 2 is 1.76 bits per heavy atom. The van der Waals surface area contributed by atoms with E-state index in [1.54, 1.807) is 26.0 Å². The molecule has 0 unspecified atom stereocenters. The van der Waals surface area contributed by atoms with E-state index in [-0.39, 0.29) is 22.1 Å². The molecule has 2 aromatic carbocycles. The number of Topliss-reactive ketones (excluding diaryl/α,β-unsaturated/α-hetero) is 1. The standard InChI is InChI=1S/C20H23NO7S/c1-13(2)21-29(24,25)16-7-5-6-14(10-16)20(23)28-12-18(22)17-11-15(26-3)8-9-19(17)27-4/h5-11,13,21H,12H2,1-4H3. The smallest absolute Gasteiger partial charge is 0.338 e. The molecular formula is C20H23NO7S. The van der Waals surface area contributed by atoms with Gasteiger partial charge in [-0.05, 0) is 50.2 Å². The van der Waals surface area contributed by atoms with Gasteiger partial charge >= 0.3 is 5.97 Å². The molecule has 2 aromatic rings.